The molecule has 0 atom stereocenters. The predicted molar refractivity (Wildman–Crippen MR) is 57.0 cm³/mol. The van der Waals surface area contributed by atoms with Gasteiger partial charge in [0.25, 0.3) is 0 Å². The Morgan fingerprint density at radius 1 is 1.31 bits per heavy atom. The zero-order chi connectivity index (χ0) is 9.42. The van der Waals surface area contributed by atoms with Crippen LogP contribution in [0.2, 0.25) is 5.15 Å². The topological polar surface area (TPSA) is 25.8 Å². The number of hydrogen-bond acceptors (Lipinski definition) is 2. The molecule has 4 heteroatoms. The van der Waals surface area contributed by atoms with Crippen LogP contribution in [0.25, 0.3) is 10.9 Å². The molecule has 0 N–H and O–H groups in total. The second-order valence-electron chi connectivity index (χ2n) is 2.76. The highest BCUT2D eigenvalue weighted by molar-refractivity contribution is 9.10. The highest BCUT2D eigenvalue weighted by atomic mass is 79.9. The molecule has 0 radical (unpaired) electrons. The summed E-state index contributed by atoms with van der Waals surface area (Å²) in [6.45, 7) is 2.01. The van der Waals surface area contributed by atoms with Gasteiger partial charge in [-0.15, -0.1) is 0 Å². The lowest BCUT2D eigenvalue weighted by molar-refractivity contribution is 1.21. The first-order chi connectivity index (χ1) is 6.20. The fourth-order valence-corrected chi connectivity index (χ4v) is 1.81. The second kappa shape index (κ2) is 3.24. The Morgan fingerprint density at radius 3 is 2.85 bits per heavy atom. The molecule has 0 aliphatic rings. The van der Waals surface area contributed by atoms with E-state index in [0.717, 1.165) is 20.9 Å². The van der Waals surface area contributed by atoms with E-state index < -0.39 is 0 Å². The highest BCUT2D eigenvalue weighted by Gasteiger charge is 2.05. The monoisotopic (exact) mass is 256 g/mol. The molecule has 0 bridgehead atoms. The van der Waals surface area contributed by atoms with Gasteiger partial charge in [0.2, 0.25) is 0 Å². The summed E-state index contributed by atoms with van der Waals surface area (Å²) in [4.78, 5) is 8.07. The van der Waals surface area contributed by atoms with Crippen LogP contribution in [0, 0.1) is 6.92 Å². The van der Waals surface area contributed by atoms with E-state index in [-0.39, 0.29) is 0 Å². The van der Waals surface area contributed by atoms with Crippen molar-refractivity contribution >= 4 is 38.4 Å². The number of aryl methyl sites for hydroxylation is 1. The molecule has 13 heavy (non-hydrogen) atoms. The van der Waals surface area contributed by atoms with Crippen LogP contribution in [0.15, 0.2) is 22.9 Å². The SMILES string of the molecule is Cc1ccc2c(Cl)ncnc2c1Br. The number of aromatic nitrogens is 2. The van der Waals surface area contributed by atoms with Gasteiger partial charge < -0.3 is 0 Å². The van der Waals surface area contributed by atoms with Crippen molar-refractivity contribution < 1.29 is 0 Å². The predicted octanol–water partition coefficient (Wildman–Crippen LogP) is 3.35. The summed E-state index contributed by atoms with van der Waals surface area (Å²) in [6.07, 6.45) is 1.47. The fourth-order valence-electron chi connectivity index (χ4n) is 1.16. The Balaban J connectivity index is 2.94. The van der Waals surface area contributed by atoms with E-state index >= 15 is 0 Å². The van der Waals surface area contributed by atoms with Gasteiger partial charge in [0.05, 0.1) is 5.52 Å². The maximum atomic E-state index is 5.91. The lowest BCUT2D eigenvalue weighted by Crippen LogP contribution is -1.86. The average molecular weight is 258 g/mol. The largest absolute Gasteiger partial charge is 0.235 e. The molecule has 1 aromatic heterocycles. The van der Waals surface area contributed by atoms with Crippen molar-refractivity contribution in [3.8, 4) is 0 Å². The quantitative estimate of drug-likeness (QED) is 0.676. The Labute approximate surface area is 89.1 Å². The van der Waals surface area contributed by atoms with Crippen molar-refractivity contribution in [2.75, 3.05) is 0 Å². The summed E-state index contributed by atoms with van der Waals surface area (Å²) in [5.74, 6) is 0. The van der Waals surface area contributed by atoms with Gasteiger partial charge >= 0.3 is 0 Å². The summed E-state index contributed by atoms with van der Waals surface area (Å²) in [7, 11) is 0. The molecule has 0 saturated heterocycles. The van der Waals surface area contributed by atoms with Gasteiger partial charge in [0.15, 0.2) is 0 Å². The van der Waals surface area contributed by atoms with E-state index in [1.807, 2.05) is 19.1 Å². The van der Waals surface area contributed by atoms with E-state index in [9.17, 15) is 0 Å². The molecule has 2 rings (SSSR count). The van der Waals surface area contributed by atoms with Crippen LogP contribution in [0.3, 0.4) is 0 Å². The number of nitrogens with zero attached hydrogens (tertiary/aromatic N) is 2. The molecule has 1 aromatic carbocycles. The molecule has 0 aliphatic heterocycles. The average Bonchev–Trinajstić information content (AvgIpc) is 2.12. The normalized spacial score (nSPS) is 10.7. The van der Waals surface area contributed by atoms with E-state index in [0.29, 0.717) is 5.15 Å². The first-order valence-electron chi connectivity index (χ1n) is 3.75. The third-order valence-electron chi connectivity index (χ3n) is 1.89. The molecule has 0 saturated carbocycles. The van der Waals surface area contributed by atoms with E-state index in [2.05, 4.69) is 25.9 Å². The van der Waals surface area contributed by atoms with Crippen LogP contribution in [0.4, 0.5) is 0 Å². The number of rotatable bonds is 0. The zero-order valence-electron chi connectivity index (χ0n) is 6.88. The number of benzene rings is 1. The van der Waals surface area contributed by atoms with Gasteiger partial charge in [-0.1, -0.05) is 17.7 Å². The highest BCUT2D eigenvalue weighted by Crippen LogP contribution is 2.28. The van der Waals surface area contributed by atoms with Crippen LogP contribution < -0.4 is 0 Å². The smallest absolute Gasteiger partial charge is 0.140 e. The van der Waals surface area contributed by atoms with Crippen LogP contribution >= 0.6 is 27.5 Å². The second-order valence-corrected chi connectivity index (χ2v) is 3.91. The molecular weight excluding hydrogens is 251 g/mol. The first kappa shape index (κ1) is 8.91. The van der Waals surface area contributed by atoms with Gasteiger partial charge in [-0.25, -0.2) is 9.97 Å². The molecule has 0 fully saturated rings. The van der Waals surface area contributed by atoms with Crippen molar-refractivity contribution in [3.63, 3.8) is 0 Å². The number of fused-ring (bicyclic) bond motifs is 1. The molecule has 0 spiro atoms. The minimum absolute atomic E-state index is 0.491. The van der Waals surface area contributed by atoms with E-state index in [1.54, 1.807) is 0 Å². The summed E-state index contributed by atoms with van der Waals surface area (Å²) in [5, 5.41) is 1.37. The van der Waals surface area contributed by atoms with Crippen molar-refractivity contribution in [1.29, 1.82) is 0 Å². The van der Waals surface area contributed by atoms with Gasteiger partial charge in [0, 0.05) is 9.86 Å². The summed E-state index contributed by atoms with van der Waals surface area (Å²) in [5.41, 5.74) is 2.00. The van der Waals surface area contributed by atoms with Crippen molar-refractivity contribution in [1.82, 2.24) is 9.97 Å². The maximum Gasteiger partial charge on any atom is 0.140 e. The molecule has 0 unspecified atom stereocenters. The standard InChI is InChI=1S/C9H6BrClN2/c1-5-2-3-6-8(7(5)10)12-4-13-9(6)11/h2-4H,1H3. The Bertz CT molecular complexity index is 470. The molecule has 0 aliphatic carbocycles. The zero-order valence-corrected chi connectivity index (χ0v) is 9.22. The van der Waals surface area contributed by atoms with Gasteiger partial charge in [-0.05, 0) is 34.5 Å². The van der Waals surface area contributed by atoms with Crippen molar-refractivity contribution in [2.45, 2.75) is 6.92 Å². The van der Waals surface area contributed by atoms with Gasteiger partial charge in [-0.3, -0.25) is 0 Å². The molecule has 2 aromatic rings. The molecule has 1 heterocycles. The lowest BCUT2D eigenvalue weighted by Gasteiger charge is -2.03. The van der Waals surface area contributed by atoms with Crippen LogP contribution in [-0.4, -0.2) is 9.97 Å². The molecular formula is C9H6BrClN2. The summed E-state index contributed by atoms with van der Waals surface area (Å²) >= 11 is 9.38. The van der Waals surface area contributed by atoms with Crippen LogP contribution in [0.5, 0.6) is 0 Å². The summed E-state index contributed by atoms with van der Waals surface area (Å²) < 4.78 is 0.981. The van der Waals surface area contributed by atoms with Gasteiger partial charge in [-0.2, -0.15) is 0 Å². The van der Waals surface area contributed by atoms with E-state index in [4.69, 9.17) is 11.6 Å². The minimum Gasteiger partial charge on any atom is -0.235 e. The third-order valence-corrected chi connectivity index (χ3v) is 3.19. The number of hydrogen-bond donors (Lipinski definition) is 0. The van der Waals surface area contributed by atoms with Crippen LogP contribution in [0.1, 0.15) is 5.56 Å². The number of halogens is 2. The van der Waals surface area contributed by atoms with Crippen molar-refractivity contribution in [2.24, 2.45) is 0 Å². The Kier molecular flexibility index (Phi) is 2.22. The van der Waals surface area contributed by atoms with Crippen molar-refractivity contribution in [3.05, 3.63) is 33.6 Å². The molecule has 2 nitrogen and oxygen atoms in total. The fraction of sp³-hybridized carbons (Fsp3) is 0.111. The Hall–Kier alpha value is -0.670. The lowest BCUT2D eigenvalue weighted by atomic mass is 10.2. The minimum atomic E-state index is 0.491. The van der Waals surface area contributed by atoms with Gasteiger partial charge in [0.1, 0.15) is 11.5 Å². The molecule has 0 amide bonds. The summed E-state index contributed by atoms with van der Waals surface area (Å²) in [6, 6.07) is 3.92. The Morgan fingerprint density at radius 2 is 2.08 bits per heavy atom. The third kappa shape index (κ3) is 1.42. The maximum absolute atomic E-state index is 5.91. The molecule has 66 valence electrons. The van der Waals surface area contributed by atoms with E-state index in [1.165, 1.54) is 6.33 Å². The first-order valence-corrected chi connectivity index (χ1v) is 4.92. The van der Waals surface area contributed by atoms with Crippen LogP contribution in [-0.2, 0) is 0 Å².